The van der Waals surface area contributed by atoms with Crippen LogP contribution in [0.5, 0.6) is 0 Å². The molecule has 1 aromatic heterocycles. The van der Waals surface area contributed by atoms with Crippen molar-refractivity contribution >= 4 is 5.82 Å². The smallest absolute Gasteiger partial charge is 0.379 e. The summed E-state index contributed by atoms with van der Waals surface area (Å²) in [4.78, 5) is 17.1. The van der Waals surface area contributed by atoms with E-state index < -0.39 is 17.3 Å². The molecule has 0 amide bonds. The molecule has 0 saturated heterocycles. The Morgan fingerprint density at radius 3 is 2.50 bits per heavy atom. The van der Waals surface area contributed by atoms with E-state index in [0.717, 1.165) is 12.3 Å². The molecule has 0 bridgehead atoms. The van der Waals surface area contributed by atoms with Gasteiger partial charge in [0.1, 0.15) is 0 Å². The molecule has 0 radical (unpaired) electrons. The second kappa shape index (κ2) is 4.17. The number of nitrogens with zero attached hydrogens (tertiary/aromatic N) is 1. The molecule has 0 atom stereocenters. The fraction of sp³-hybridized carbons (Fsp3) is 0.0909. The first-order valence-corrected chi connectivity index (χ1v) is 4.91. The Morgan fingerprint density at radius 1 is 1.22 bits per heavy atom. The topological polar surface area (TPSA) is 71.8 Å². The quantitative estimate of drug-likeness (QED) is 0.819. The van der Waals surface area contributed by atoms with Crippen LogP contribution in [0.15, 0.2) is 35.3 Å². The van der Waals surface area contributed by atoms with E-state index in [1.54, 1.807) is 0 Å². The molecular weight excluding hydrogens is 247 g/mol. The van der Waals surface area contributed by atoms with Crippen molar-refractivity contribution in [3.05, 3.63) is 46.4 Å². The Hall–Kier alpha value is -2.31. The van der Waals surface area contributed by atoms with Crippen LogP contribution >= 0.6 is 0 Å². The molecule has 2 rings (SSSR count). The molecule has 94 valence electrons. The maximum atomic E-state index is 12.8. The maximum absolute atomic E-state index is 12.8. The number of benzene rings is 1. The number of nitrogens with one attached hydrogen (secondary N) is 1. The average Bonchev–Trinajstić information content (AvgIpc) is 2.32. The van der Waals surface area contributed by atoms with E-state index in [1.807, 2.05) is 0 Å². The first-order valence-electron chi connectivity index (χ1n) is 4.91. The number of nitrogen functional groups attached to an aromatic ring is 1. The van der Waals surface area contributed by atoms with Crippen molar-refractivity contribution in [2.24, 2.45) is 0 Å². The molecule has 1 aromatic carbocycles. The minimum Gasteiger partial charge on any atom is -0.379 e. The lowest BCUT2D eigenvalue weighted by molar-refractivity contribution is -0.137. The largest absolute Gasteiger partial charge is 0.417 e. The van der Waals surface area contributed by atoms with Crippen LogP contribution in [-0.4, -0.2) is 9.97 Å². The molecule has 3 N–H and O–H groups in total. The summed E-state index contributed by atoms with van der Waals surface area (Å²) in [5.41, 5.74) is 3.49. The number of hydrogen-bond acceptors (Lipinski definition) is 3. The van der Waals surface area contributed by atoms with Crippen LogP contribution in [0.3, 0.4) is 0 Å². The summed E-state index contributed by atoms with van der Waals surface area (Å²) in [5.74, 6) is -0.289. The standard InChI is InChI=1S/C11H8F3N3O/c12-11(13,14)7-4-2-1-3-6(7)8-5-16-9(15)10(18)17-8/h1-5H,(H2,15,16)(H,17,18). The molecule has 0 aliphatic carbocycles. The summed E-state index contributed by atoms with van der Waals surface area (Å²) in [7, 11) is 0. The monoisotopic (exact) mass is 255 g/mol. The van der Waals surface area contributed by atoms with Crippen LogP contribution in [0.2, 0.25) is 0 Å². The summed E-state index contributed by atoms with van der Waals surface area (Å²) < 4.78 is 38.3. The number of aromatic amines is 1. The summed E-state index contributed by atoms with van der Waals surface area (Å²) in [6.07, 6.45) is -3.41. The molecule has 0 spiro atoms. The Labute approximate surface area is 99.3 Å². The van der Waals surface area contributed by atoms with Crippen LogP contribution in [0.1, 0.15) is 5.56 Å². The van der Waals surface area contributed by atoms with Crippen molar-refractivity contribution < 1.29 is 13.2 Å². The van der Waals surface area contributed by atoms with Crippen LogP contribution in [0, 0.1) is 0 Å². The van der Waals surface area contributed by atoms with Crippen LogP contribution in [0.25, 0.3) is 11.3 Å². The number of alkyl halides is 3. The fourth-order valence-corrected chi connectivity index (χ4v) is 1.51. The molecule has 0 aliphatic heterocycles. The van der Waals surface area contributed by atoms with Gasteiger partial charge in [-0.3, -0.25) is 4.79 Å². The lowest BCUT2D eigenvalue weighted by atomic mass is 10.0. The van der Waals surface area contributed by atoms with E-state index in [9.17, 15) is 18.0 Å². The first kappa shape index (κ1) is 12.2. The third-order valence-corrected chi connectivity index (χ3v) is 2.34. The van der Waals surface area contributed by atoms with Crippen molar-refractivity contribution in [3.63, 3.8) is 0 Å². The highest BCUT2D eigenvalue weighted by molar-refractivity contribution is 5.64. The van der Waals surface area contributed by atoms with Gasteiger partial charge in [0.25, 0.3) is 5.56 Å². The number of anilines is 1. The van der Waals surface area contributed by atoms with Crippen LogP contribution in [-0.2, 0) is 6.18 Å². The normalized spacial score (nSPS) is 11.5. The molecule has 0 fully saturated rings. The van der Waals surface area contributed by atoms with Gasteiger partial charge in [0.15, 0.2) is 5.82 Å². The second-order valence-electron chi connectivity index (χ2n) is 3.55. The Balaban J connectivity index is 2.64. The Morgan fingerprint density at radius 2 is 1.89 bits per heavy atom. The minimum absolute atomic E-state index is 0.0258. The van der Waals surface area contributed by atoms with Gasteiger partial charge in [-0.05, 0) is 6.07 Å². The van der Waals surface area contributed by atoms with Crippen LogP contribution < -0.4 is 11.3 Å². The molecule has 18 heavy (non-hydrogen) atoms. The van der Waals surface area contributed by atoms with Crippen molar-refractivity contribution in [1.29, 1.82) is 0 Å². The lowest BCUT2D eigenvalue weighted by Crippen LogP contribution is -2.15. The van der Waals surface area contributed by atoms with Gasteiger partial charge < -0.3 is 10.7 Å². The number of rotatable bonds is 1. The molecule has 0 saturated carbocycles. The second-order valence-corrected chi connectivity index (χ2v) is 3.55. The fourth-order valence-electron chi connectivity index (χ4n) is 1.51. The van der Waals surface area contributed by atoms with E-state index in [-0.39, 0.29) is 17.1 Å². The van der Waals surface area contributed by atoms with Crippen molar-refractivity contribution in [1.82, 2.24) is 9.97 Å². The number of aromatic nitrogens is 2. The van der Waals surface area contributed by atoms with Gasteiger partial charge in [0, 0.05) is 5.56 Å². The maximum Gasteiger partial charge on any atom is 0.417 e. The molecule has 2 aromatic rings. The lowest BCUT2D eigenvalue weighted by Gasteiger charge is -2.12. The zero-order chi connectivity index (χ0) is 13.3. The van der Waals surface area contributed by atoms with Gasteiger partial charge in [0.05, 0.1) is 17.5 Å². The number of nitrogens with two attached hydrogens (primary N) is 1. The van der Waals surface area contributed by atoms with E-state index in [0.29, 0.717) is 0 Å². The van der Waals surface area contributed by atoms with Gasteiger partial charge in [-0.25, -0.2) is 4.98 Å². The molecular formula is C11H8F3N3O. The highest BCUT2D eigenvalue weighted by Crippen LogP contribution is 2.35. The highest BCUT2D eigenvalue weighted by Gasteiger charge is 2.33. The van der Waals surface area contributed by atoms with Crippen molar-refractivity contribution in [2.75, 3.05) is 5.73 Å². The Bertz CT molecular complexity index is 634. The number of hydrogen-bond donors (Lipinski definition) is 2. The third kappa shape index (κ3) is 2.20. The molecule has 4 nitrogen and oxygen atoms in total. The first-order chi connectivity index (χ1) is 8.39. The number of H-pyrrole nitrogens is 1. The van der Waals surface area contributed by atoms with E-state index in [2.05, 4.69) is 9.97 Å². The van der Waals surface area contributed by atoms with E-state index >= 15 is 0 Å². The predicted molar refractivity (Wildman–Crippen MR) is 59.7 cm³/mol. The third-order valence-electron chi connectivity index (χ3n) is 2.34. The predicted octanol–water partition coefficient (Wildman–Crippen LogP) is 2.04. The number of halogens is 3. The minimum atomic E-state index is -4.51. The molecule has 1 heterocycles. The summed E-state index contributed by atoms with van der Waals surface area (Å²) in [6.45, 7) is 0. The van der Waals surface area contributed by atoms with Crippen molar-refractivity contribution in [3.8, 4) is 11.3 Å². The van der Waals surface area contributed by atoms with Crippen molar-refractivity contribution in [2.45, 2.75) is 6.18 Å². The SMILES string of the molecule is Nc1ncc(-c2ccccc2C(F)(F)F)[nH]c1=O. The summed E-state index contributed by atoms with van der Waals surface area (Å²) in [6, 6.07) is 4.91. The van der Waals surface area contributed by atoms with Gasteiger partial charge in [-0.2, -0.15) is 13.2 Å². The van der Waals surface area contributed by atoms with Gasteiger partial charge in [0.2, 0.25) is 0 Å². The van der Waals surface area contributed by atoms with Gasteiger partial charge >= 0.3 is 6.18 Å². The van der Waals surface area contributed by atoms with E-state index in [4.69, 9.17) is 5.73 Å². The zero-order valence-electron chi connectivity index (χ0n) is 8.95. The molecule has 0 unspecified atom stereocenters. The Kier molecular flexibility index (Phi) is 2.82. The highest BCUT2D eigenvalue weighted by atomic mass is 19.4. The molecule has 7 heteroatoms. The van der Waals surface area contributed by atoms with Gasteiger partial charge in [-0.1, -0.05) is 18.2 Å². The summed E-state index contributed by atoms with van der Waals surface area (Å²) in [5, 5.41) is 0. The molecule has 0 aliphatic rings. The zero-order valence-corrected chi connectivity index (χ0v) is 8.95. The summed E-state index contributed by atoms with van der Waals surface area (Å²) >= 11 is 0. The van der Waals surface area contributed by atoms with Crippen LogP contribution in [0.4, 0.5) is 19.0 Å². The van der Waals surface area contributed by atoms with E-state index in [1.165, 1.54) is 18.2 Å². The van der Waals surface area contributed by atoms with Gasteiger partial charge in [-0.15, -0.1) is 0 Å². The average molecular weight is 255 g/mol.